The number of piperidine rings is 1. The number of hydrogen-bond acceptors (Lipinski definition) is 4. The molecule has 1 unspecified atom stereocenters. The third kappa shape index (κ3) is 3.83. The summed E-state index contributed by atoms with van der Waals surface area (Å²) in [6, 6.07) is 11.2. The number of hydrogen-bond donors (Lipinski definition) is 2. The molecule has 2 N–H and O–H groups in total. The minimum absolute atomic E-state index is 0.0996. The molecule has 2 aromatic carbocycles. The van der Waals surface area contributed by atoms with Crippen LogP contribution in [0, 0.1) is 5.82 Å². The van der Waals surface area contributed by atoms with E-state index in [1.807, 2.05) is 0 Å². The summed E-state index contributed by atoms with van der Waals surface area (Å²) in [5.74, 6) is 0.828. The Kier molecular flexibility index (Phi) is 5.38. The topological polar surface area (TPSA) is 55.8 Å². The van der Waals surface area contributed by atoms with E-state index in [1.165, 1.54) is 54.6 Å². The third-order valence-electron chi connectivity index (χ3n) is 8.30. The fraction of sp³-hybridized carbons (Fsp3) is 0.519. The molecule has 6 heteroatoms. The van der Waals surface area contributed by atoms with Crippen molar-refractivity contribution in [2.45, 2.75) is 62.5 Å². The van der Waals surface area contributed by atoms with Gasteiger partial charge in [0.25, 0.3) is 0 Å². The molecule has 2 aromatic rings. The third-order valence-corrected chi connectivity index (χ3v) is 8.30. The second-order valence-corrected chi connectivity index (χ2v) is 10.3. The normalized spacial score (nSPS) is 25.6. The average molecular weight is 450 g/mol. The van der Waals surface area contributed by atoms with Crippen LogP contribution >= 0.6 is 0 Å². The van der Waals surface area contributed by atoms with Crippen molar-refractivity contribution < 1.29 is 14.3 Å². The number of anilines is 2. The van der Waals surface area contributed by atoms with E-state index in [2.05, 4.69) is 27.2 Å². The Morgan fingerprint density at radius 2 is 1.91 bits per heavy atom. The highest BCUT2D eigenvalue weighted by Crippen LogP contribution is 2.51. The van der Waals surface area contributed by atoms with Gasteiger partial charge < -0.3 is 20.2 Å². The Morgan fingerprint density at radius 1 is 1.12 bits per heavy atom. The van der Waals surface area contributed by atoms with Crippen LogP contribution in [0.4, 0.5) is 15.8 Å². The summed E-state index contributed by atoms with van der Waals surface area (Å²) in [5.41, 5.74) is 5.83. The second-order valence-electron chi connectivity index (χ2n) is 10.3. The maximum atomic E-state index is 13.2. The molecule has 0 bridgehead atoms. The zero-order valence-electron chi connectivity index (χ0n) is 19.0. The van der Waals surface area contributed by atoms with Gasteiger partial charge in [0.2, 0.25) is 5.91 Å². The first-order valence-electron chi connectivity index (χ1n) is 12.5. The molecule has 1 aliphatic carbocycles. The van der Waals surface area contributed by atoms with Gasteiger partial charge in [-0.15, -0.1) is 0 Å². The lowest BCUT2D eigenvalue weighted by Crippen LogP contribution is -2.49. The van der Waals surface area contributed by atoms with Gasteiger partial charge in [-0.3, -0.25) is 4.79 Å². The highest BCUT2D eigenvalue weighted by Gasteiger charge is 2.45. The van der Waals surface area contributed by atoms with Gasteiger partial charge in [-0.05, 0) is 66.5 Å². The minimum Gasteiger partial charge on any atom is -0.388 e. The summed E-state index contributed by atoms with van der Waals surface area (Å²) in [4.78, 5) is 17.3. The van der Waals surface area contributed by atoms with Gasteiger partial charge in [0, 0.05) is 31.6 Å². The van der Waals surface area contributed by atoms with Crippen molar-refractivity contribution >= 4 is 17.3 Å². The molecule has 174 valence electrons. The van der Waals surface area contributed by atoms with Crippen LogP contribution in [0.5, 0.6) is 0 Å². The number of fused-ring (bicyclic) bond motifs is 3. The number of likely N-dealkylation sites (tertiary alicyclic amines) is 1. The molecule has 0 radical (unpaired) electrons. The summed E-state index contributed by atoms with van der Waals surface area (Å²) in [6.45, 7) is 3.18. The number of nitrogens with zero attached hydrogens (tertiary/aromatic N) is 2. The first-order valence-corrected chi connectivity index (χ1v) is 12.5. The molecule has 4 aliphatic rings. The molecule has 0 aromatic heterocycles. The van der Waals surface area contributed by atoms with Crippen LogP contribution in [0.2, 0.25) is 0 Å². The largest absolute Gasteiger partial charge is 0.388 e. The van der Waals surface area contributed by atoms with E-state index in [1.54, 1.807) is 12.1 Å². The van der Waals surface area contributed by atoms with Gasteiger partial charge in [-0.25, -0.2) is 4.39 Å². The zero-order valence-corrected chi connectivity index (χ0v) is 19.0. The smallest absolute Gasteiger partial charge is 0.243 e. The van der Waals surface area contributed by atoms with Gasteiger partial charge >= 0.3 is 0 Å². The minimum atomic E-state index is -0.583. The van der Waals surface area contributed by atoms with Crippen LogP contribution in [-0.4, -0.2) is 48.1 Å². The van der Waals surface area contributed by atoms with Crippen LogP contribution in [-0.2, 0) is 4.79 Å². The van der Waals surface area contributed by atoms with Gasteiger partial charge in [-0.2, -0.15) is 0 Å². The van der Waals surface area contributed by atoms with Crippen molar-refractivity contribution in [3.8, 4) is 0 Å². The van der Waals surface area contributed by atoms with E-state index in [0.29, 0.717) is 30.8 Å². The Labute approximate surface area is 194 Å². The number of rotatable bonds is 5. The standard InChI is InChI=1S/C27H32FN3O2/c28-20-7-5-18(6-8-20)25(32)10-12-30-11-9-24-22(15-30)21-13-19(17-3-1-2-4-17)14-23-27(21)31(24)16-26(33)29-23/h5-8,13-14,17,22,24-25,32H,1-4,9-12,15-16H2,(H,29,33)/t22-,24-,25?/m0/s1. The van der Waals surface area contributed by atoms with Crippen LogP contribution in [0.15, 0.2) is 36.4 Å². The van der Waals surface area contributed by atoms with E-state index >= 15 is 0 Å². The van der Waals surface area contributed by atoms with Crippen LogP contribution < -0.4 is 10.2 Å². The van der Waals surface area contributed by atoms with E-state index in [0.717, 1.165) is 37.3 Å². The van der Waals surface area contributed by atoms with Crippen LogP contribution in [0.1, 0.15) is 73.2 Å². The number of aliphatic hydroxyl groups is 1. The molecule has 1 amide bonds. The predicted molar refractivity (Wildman–Crippen MR) is 127 cm³/mol. The predicted octanol–water partition coefficient (Wildman–Crippen LogP) is 4.54. The molecule has 2 fully saturated rings. The number of aliphatic hydroxyl groups excluding tert-OH is 1. The fourth-order valence-electron chi connectivity index (χ4n) is 6.63. The Balaban J connectivity index is 1.21. The molecule has 5 nitrogen and oxygen atoms in total. The number of carbonyl (C=O) groups is 1. The first kappa shape index (κ1) is 21.1. The SMILES string of the molecule is O=C1CN2c3c(cc(C4CCCC4)cc3[C@@H]3CN(CCC(O)c4ccc(F)cc4)CC[C@@H]32)N1. The van der Waals surface area contributed by atoms with Gasteiger partial charge in [0.15, 0.2) is 0 Å². The molecule has 3 atom stereocenters. The second kappa shape index (κ2) is 8.41. The van der Waals surface area contributed by atoms with E-state index in [4.69, 9.17) is 0 Å². The van der Waals surface area contributed by atoms with Crippen molar-refractivity contribution in [1.82, 2.24) is 4.90 Å². The maximum Gasteiger partial charge on any atom is 0.243 e. The summed E-state index contributed by atoms with van der Waals surface area (Å²) >= 11 is 0. The molecule has 33 heavy (non-hydrogen) atoms. The van der Waals surface area contributed by atoms with E-state index in [9.17, 15) is 14.3 Å². The number of benzene rings is 2. The van der Waals surface area contributed by atoms with Crippen molar-refractivity contribution in [3.05, 3.63) is 58.9 Å². The average Bonchev–Trinajstić information content (AvgIpc) is 3.46. The highest BCUT2D eigenvalue weighted by atomic mass is 19.1. The highest BCUT2D eigenvalue weighted by molar-refractivity contribution is 6.03. The van der Waals surface area contributed by atoms with E-state index in [-0.39, 0.29) is 11.7 Å². The summed E-state index contributed by atoms with van der Waals surface area (Å²) in [6.07, 6.45) is 6.16. The molecular weight excluding hydrogens is 417 g/mol. The molecule has 0 spiro atoms. The number of amides is 1. The van der Waals surface area contributed by atoms with E-state index < -0.39 is 6.10 Å². The lowest BCUT2D eigenvalue weighted by Gasteiger charge is -2.39. The molecule has 3 aliphatic heterocycles. The van der Waals surface area contributed by atoms with Crippen molar-refractivity contribution in [3.63, 3.8) is 0 Å². The monoisotopic (exact) mass is 449 g/mol. The first-order chi connectivity index (χ1) is 16.1. The fourth-order valence-corrected chi connectivity index (χ4v) is 6.63. The van der Waals surface area contributed by atoms with Crippen molar-refractivity contribution in [2.75, 3.05) is 36.4 Å². The maximum absolute atomic E-state index is 13.2. The number of nitrogens with one attached hydrogen (secondary N) is 1. The quantitative estimate of drug-likeness (QED) is 0.704. The lowest BCUT2D eigenvalue weighted by atomic mass is 9.86. The summed E-state index contributed by atoms with van der Waals surface area (Å²) < 4.78 is 13.2. The molecule has 1 saturated carbocycles. The number of carbonyl (C=O) groups excluding carboxylic acids is 1. The van der Waals surface area contributed by atoms with Crippen LogP contribution in [0.25, 0.3) is 0 Å². The van der Waals surface area contributed by atoms with Crippen molar-refractivity contribution in [2.24, 2.45) is 0 Å². The van der Waals surface area contributed by atoms with Gasteiger partial charge in [0.05, 0.1) is 24.0 Å². The Bertz CT molecular complexity index is 1050. The summed E-state index contributed by atoms with van der Waals surface area (Å²) in [5, 5.41) is 13.8. The molecule has 1 saturated heterocycles. The van der Waals surface area contributed by atoms with Crippen LogP contribution in [0.3, 0.4) is 0 Å². The lowest BCUT2D eigenvalue weighted by molar-refractivity contribution is -0.115. The molecular formula is C27H32FN3O2. The van der Waals surface area contributed by atoms with Crippen molar-refractivity contribution in [1.29, 1.82) is 0 Å². The Hall–Kier alpha value is -2.44. The zero-order chi connectivity index (χ0) is 22.5. The van der Waals surface area contributed by atoms with Gasteiger partial charge in [0.1, 0.15) is 5.82 Å². The molecule has 3 heterocycles. The molecule has 6 rings (SSSR count). The summed E-state index contributed by atoms with van der Waals surface area (Å²) in [7, 11) is 0. The Morgan fingerprint density at radius 3 is 2.70 bits per heavy atom. The van der Waals surface area contributed by atoms with Gasteiger partial charge in [-0.1, -0.05) is 31.0 Å². The number of halogens is 1.